The maximum absolute atomic E-state index is 3.42. The van der Waals surface area contributed by atoms with Gasteiger partial charge >= 0.3 is 0 Å². The average Bonchev–Trinajstić information content (AvgIpc) is 2.15. The van der Waals surface area contributed by atoms with Gasteiger partial charge in [-0.1, -0.05) is 27.7 Å². The summed E-state index contributed by atoms with van der Waals surface area (Å²) in [6.45, 7) is 14.2. The largest absolute Gasteiger partial charge is 0.314 e. The zero-order chi connectivity index (χ0) is 10.6. The summed E-state index contributed by atoms with van der Waals surface area (Å²) in [5, 5.41) is 3.42. The summed E-state index contributed by atoms with van der Waals surface area (Å²) in [5.41, 5.74) is 0. The van der Waals surface area contributed by atoms with Crippen LogP contribution in [0.4, 0.5) is 0 Å². The van der Waals surface area contributed by atoms with Crippen molar-refractivity contribution in [1.82, 2.24) is 10.2 Å². The van der Waals surface area contributed by atoms with Crippen LogP contribution in [-0.2, 0) is 0 Å². The molecule has 0 aliphatic carbocycles. The van der Waals surface area contributed by atoms with Gasteiger partial charge in [-0.3, -0.25) is 4.90 Å². The third-order valence-corrected chi connectivity index (χ3v) is 3.10. The van der Waals surface area contributed by atoms with Crippen LogP contribution < -0.4 is 5.32 Å². The SMILES string of the molecule is CC(C)CC(C(C)C)N1CCNCC1. The van der Waals surface area contributed by atoms with E-state index < -0.39 is 0 Å². The van der Waals surface area contributed by atoms with Crippen molar-refractivity contribution >= 4 is 0 Å². The minimum atomic E-state index is 0.787. The molecule has 1 atom stereocenters. The van der Waals surface area contributed by atoms with Crippen molar-refractivity contribution in [3.8, 4) is 0 Å². The van der Waals surface area contributed by atoms with Crippen LogP contribution in [0.3, 0.4) is 0 Å². The Morgan fingerprint density at radius 2 is 1.64 bits per heavy atom. The van der Waals surface area contributed by atoms with Gasteiger partial charge in [0.15, 0.2) is 0 Å². The van der Waals surface area contributed by atoms with Crippen molar-refractivity contribution in [2.45, 2.75) is 40.2 Å². The number of hydrogen-bond donors (Lipinski definition) is 1. The average molecular weight is 198 g/mol. The zero-order valence-electron chi connectivity index (χ0n) is 10.2. The first-order valence-corrected chi connectivity index (χ1v) is 6.06. The van der Waals surface area contributed by atoms with Gasteiger partial charge in [0.1, 0.15) is 0 Å². The van der Waals surface area contributed by atoms with Crippen LogP contribution >= 0.6 is 0 Å². The van der Waals surface area contributed by atoms with Crippen molar-refractivity contribution < 1.29 is 0 Å². The summed E-state index contributed by atoms with van der Waals surface area (Å²) in [7, 11) is 0. The lowest BCUT2D eigenvalue weighted by Crippen LogP contribution is -2.50. The maximum atomic E-state index is 3.42. The van der Waals surface area contributed by atoms with Gasteiger partial charge in [-0.2, -0.15) is 0 Å². The predicted octanol–water partition coefficient (Wildman–Crippen LogP) is 1.96. The Hall–Kier alpha value is -0.0800. The van der Waals surface area contributed by atoms with E-state index in [2.05, 4.69) is 37.9 Å². The molecule has 0 saturated carbocycles. The highest BCUT2D eigenvalue weighted by Crippen LogP contribution is 2.19. The third kappa shape index (κ3) is 3.58. The number of rotatable bonds is 4. The van der Waals surface area contributed by atoms with Gasteiger partial charge in [-0.15, -0.1) is 0 Å². The number of nitrogens with one attached hydrogen (secondary N) is 1. The van der Waals surface area contributed by atoms with Crippen LogP contribution in [0.25, 0.3) is 0 Å². The fourth-order valence-corrected chi connectivity index (χ4v) is 2.34. The van der Waals surface area contributed by atoms with Gasteiger partial charge in [0.2, 0.25) is 0 Å². The molecule has 0 amide bonds. The van der Waals surface area contributed by atoms with Crippen LogP contribution in [0.15, 0.2) is 0 Å². The highest BCUT2D eigenvalue weighted by molar-refractivity contribution is 4.79. The predicted molar refractivity (Wildman–Crippen MR) is 62.5 cm³/mol. The Morgan fingerprint density at radius 3 is 2.07 bits per heavy atom. The summed E-state index contributed by atoms with van der Waals surface area (Å²) in [4.78, 5) is 2.67. The zero-order valence-corrected chi connectivity index (χ0v) is 10.2. The molecule has 2 nitrogen and oxygen atoms in total. The lowest BCUT2D eigenvalue weighted by molar-refractivity contribution is 0.118. The van der Waals surface area contributed by atoms with Gasteiger partial charge < -0.3 is 5.32 Å². The number of piperazine rings is 1. The normalized spacial score (nSPS) is 21.9. The Labute approximate surface area is 89.1 Å². The fourth-order valence-electron chi connectivity index (χ4n) is 2.34. The monoisotopic (exact) mass is 198 g/mol. The summed E-state index contributed by atoms with van der Waals surface area (Å²) in [5.74, 6) is 1.60. The van der Waals surface area contributed by atoms with E-state index in [0.29, 0.717) is 0 Å². The maximum Gasteiger partial charge on any atom is 0.0122 e. The van der Waals surface area contributed by atoms with E-state index in [9.17, 15) is 0 Å². The van der Waals surface area contributed by atoms with Crippen LogP contribution in [0.5, 0.6) is 0 Å². The van der Waals surface area contributed by atoms with Crippen molar-refractivity contribution in [3.05, 3.63) is 0 Å². The lowest BCUT2D eigenvalue weighted by Gasteiger charge is -2.38. The van der Waals surface area contributed by atoms with Crippen molar-refractivity contribution in [3.63, 3.8) is 0 Å². The van der Waals surface area contributed by atoms with Crippen LogP contribution in [-0.4, -0.2) is 37.1 Å². The molecule has 0 aromatic heterocycles. The van der Waals surface area contributed by atoms with E-state index >= 15 is 0 Å². The first-order chi connectivity index (χ1) is 6.61. The van der Waals surface area contributed by atoms with E-state index in [4.69, 9.17) is 0 Å². The molecule has 2 heteroatoms. The first kappa shape index (κ1) is 12.0. The molecule has 0 aromatic carbocycles. The van der Waals surface area contributed by atoms with E-state index in [0.717, 1.165) is 17.9 Å². The van der Waals surface area contributed by atoms with Crippen LogP contribution in [0.2, 0.25) is 0 Å². The molecule has 1 rings (SSSR count). The molecule has 1 aliphatic rings. The van der Waals surface area contributed by atoms with Crippen LogP contribution in [0.1, 0.15) is 34.1 Å². The highest BCUT2D eigenvalue weighted by atomic mass is 15.2. The van der Waals surface area contributed by atoms with Crippen molar-refractivity contribution in [2.24, 2.45) is 11.8 Å². The molecule has 1 N–H and O–H groups in total. The quantitative estimate of drug-likeness (QED) is 0.743. The second-order valence-electron chi connectivity index (χ2n) is 5.23. The van der Waals surface area contributed by atoms with Gasteiger partial charge in [0.05, 0.1) is 0 Å². The molecular weight excluding hydrogens is 172 g/mol. The summed E-state index contributed by atoms with van der Waals surface area (Å²) >= 11 is 0. The second-order valence-corrected chi connectivity index (χ2v) is 5.23. The molecule has 1 unspecified atom stereocenters. The highest BCUT2D eigenvalue weighted by Gasteiger charge is 2.23. The van der Waals surface area contributed by atoms with E-state index in [1.54, 1.807) is 0 Å². The van der Waals surface area contributed by atoms with Gasteiger partial charge in [-0.05, 0) is 18.3 Å². The van der Waals surface area contributed by atoms with E-state index in [1.165, 1.54) is 32.6 Å². The standard InChI is InChI=1S/C12H26N2/c1-10(2)9-12(11(3)4)14-7-5-13-6-8-14/h10-13H,5-9H2,1-4H3. The Balaban J connectivity index is 2.47. The smallest absolute Gasteiger partial charge is 0.0122 e. The minimum Gasteiger partial charge on any atom is -0.314 e. The Morgan fingerprint density at radius 1 is 1.07 bits per heavy atom. The summed E-state index contributed by atoms with van der Waals surface area (Å²) in [6.07, 6.45) is 1.34. The molecule has 84 valence electrons. The van der Waals surface area contributed by atoms with Crippen molar-refractivity contribution in [1.29, 1.82) is 0 Å². The molecule has 0 radical (unpaired) electrons. The molecule has 0 aromatic rings. The van der Waals surface area contributed by atoms with Gasteiger partial charge in [0, 0.05) is 32.2 Å². The number of hydrogen-bond acceptors (Lipinski definition) is 2. The minimum absolute atomic E-state index is 0.787. The fraction of sp³-hybridized carbons (Fsp3) is 1.00. The Bertz CT molecular complexity index is 148. The van der Waals surface area contributed by atoms with Gasteiger partial charge in [-0.25, -0.2) is 0 Å². The Kier molecular flexibility index (Phi) is 4.90. The molecule has 1 saturated heterocycles. The summed E-state index contributed by atoms with van der Waals surface area (Å²) in [6, 6.07) is 0.789. The molecule has 1 aliphatic heterocycles. The molecule has 0 bridgehead atoms. The molecular formula is C12H26N2. The topological polar surface area (TPSA) is 15.3 Å². The second kappa shape index (κ2) is 5.72. The molecule has 1 fully saturated rings. The first-order valence-electron chi connectivity index (χ1n) is 6.06. The van der Waals surface area contributed by atoms with E-state index in [-0.39, 0.29) is 0 Å². The van der Waals surface area contributed by atoms with Crippen LogP contribution in [0, 0.1) is 11.8 Å². The molecule has 1 heterocycles. The molecule has 0 spiro atoms. The van der Waals surface area contributed by atoms with Crippen molar-refractivity contribution in [2.75, 3.05) is 26.2 Å². The third-order valence-electron chi connectivity index (χ3n) is 3.10. The molecule has 14 heavy (non-hydrogen) atoms. The number of nitrogens with zero attached hydrogens (tertiary/aromatic N) is 1. The van der Waals surface area contributed by atoms with Gasteiger partial charge in [0.25, 0.3) is 0 Å². The van der Waals surface area contributed by atoms with E-state index in [1.807, 2.05) is 0 Å². The summed E-state index contributed by atoms with van der Waals surface area (Å²) < 4.78 is 0. The lowest BCUT2D eigenvalue weighted by atomic mass is 9.93.